The van der Waals surface area contributed by atoms with Gasteiger partial charge >= 0.3 is 0 Å². The number of aromatic nitrogens is 4. The van der Waals surface area contributed by atoms with Crippen molar-refractivity contribution in [3.63, 3.8) is 0 Å². The summed E-state index contributed by atoms with van der Waals surface area (Å²) < 4.78 is 13.4. The van der Waals surface area contributed by atoms with Crippen LogP contribution in [-0.4, -0.2) is 57.2 Å². The molecule has 1 aliphatic heterocycles. The van der Waals surface area contributed by atoms with Gasteiger partial charge in [0.1, 0.15) is 11.5 Å². The standard InChI is InChI=1S/C24H23FN6O/c1-14-9-16(7-8-26-14)22-19-10-17(11-27-23(19)30-29-22)24(32)28-21-13-31(2)12-20(21)15-3-5-18(25)6-4-15/h3-11,20-21H,12-13H2,1-2H3,(H,28,32)(H,27,29,30)/t20-,21+/m1/s1. The average molecular weight is 430 g/mol. The molecule has 1 fully saturated rings. The summed E-state index contributed by atoms with van der Waals surface area (Å²) in [4.78, 5) is 23.9. The number of carbonyl (C=O) groups excluding carboxylic acids is 1. The third-order valence-electron chi connectivity index (χ3n) is 5.97. The Morgan fingerprint density at radius 1 is 1.16 bits per heavy atom. The number of aryl methyl sites for hydroxylation is 1. The maximum Gasteiger partial charge on any atom is 0.253 e. The van der Waals surface area contributed by atoms with Crippen molar-refractivity contribution in [2.45, 2.75) is 18.9 Å². The van der Waals surface area contributed by atoms with E-state index in [9.17, 15) is 9.18 Å². The van der Waals surface area contributed by atoms with Crippen LogP contribution in [0.15, 0.2) is 54.9 Å². The fourth-order valence-corrected chi connectivity index (χ4v) is 4.39. The van der Waals surface area contributed by atoms with Crippen LogP contribution in [0.3, 0.4) is 0 Å². The third kappa shape index (κ3) is 3.85. The molecule has 0 spiro atoms. The van der Waals surface area contributed by atoms with Crippen molar-refractivity contribution in [2.24, 2.45) is 0 Å². The highest BCUT2D eigenvalue weighted by atomic mass is 19.1. The number of H-pyrrole nitrogens is 1. The van der Waals surface area contributed by atoms with Gasteiger partial charge in [-0.05, 0) is 49.9 Å². The van der Waals surface area contributed by atoms with E-state index in [0.29, 0.717) is 11.2 Å². The topological polar surface area (TPSA) is 86.8 Å². The first-order valence-electron chi connectivity index (χ1n) is 10.5. The van der Waals surface area contributed by atoms with Gasteiger partial charge in [0.15, 0.2) is 5.65 Å². The molecule has 0 bridgehead atoms. The molecular weight excluding hydrogens is 407 g/mol. The number of aromatic amines is 1. The number of likely N-dealkylation sites (tertiary alicyclic amines) is 1. The predicted molar refractivity (Wildman–Crippen MR) is 120 cm³/mol. The number of rotatable bonds is 4. The van der Waals surface area contributed by atoms with Crippen LogP contribution < -0.4 is 5.32 Å². The molecule has 1 saturated heterocycles. The first-order chi connectivity index (χ1) is 15.5. The number of amides is 1. The minimum absolute atomic E-state index is 0.0830. The van der Waals surface area contributed by atoms with Crippen molar-refractivity contribution >= 4 is 16.9 Å². The van der Waals surface area contributed by atoms with E-state index in [0.717, 1.165) is 41.0 Å². The van der Waals surface area contributed by atoms with Crippen molar-refractivity contribution in [1.29, 1.82) is 0 Å². The van der Waals surface area contributed by atoms with Gasteiger partial charge in [0.05, 0.1) is 5.56 Å². The molecule has 32 heavy (non-hydrogen) atoms. The molecule has 4 aromatic rings. The maximum absolute atomic E-state index is 13.4. The number of hydrogen-bond acceptors (Lipinski definition) is 5. The molecule has 1 amide bonds. The molecule has 7 nitrogen and oxygen atoms in total. The molecule has 0 unspecified atom stereocenters. The van der Waals surface area contributed by atoms with Crippen LogP contribution in [0.1, 0.15) is 27.5 Å². The van der Waals surface area contributed by atoms with E-state index in [1.165, 1.54) is 12.1 Å². The first-order valence-corrected chi connectivity index (χ1v) is 10.5. The van der Waals surface area contributed by atoms with E-state index in [4.69, 9.17) is 0 Å². The van der Waals surface area contributed by atoms with Crippen LogP contribution >= 0.6 is 0 Å². The largest absolute Gasteiger partial charge is 0.347 e. The highest BCUT2D eigenvalue weighted by Crippen LogP contribution is 2.28. The Morgan fingerprint density at radius 3 is 2.75 bits per heavy atom. The second-order valence-corrected chi connectivity index (χ2v) is 8.34. The first kappa shape index (κ1) is 20.3. The summed E-state index contributed by atoms with van der Waals surface area (Å²) >= 11 is 0. The summed E-state index contributed by atoms with van der Waals surface area (Å²) in [5, 5.41) is 11.3. The van der Waals surface area contributed by atoms with Gasteiger partial charge in [0.2, 0.25) is 0 Å². The SMILES string of the molecule is Cc1cc(-c2n[nH]c3ncc(C(=O)N[C@H]4CN(C)C[C@@H]4c4ccc(F)cc4)cc23)ccn1. The molecule has 3 aromatic heterocycles. The van der Waals surface area contributed by atoms with Gasteiger partial charge in [-0.1, -0.05) is 12.1 Å². The number of likely N-dealkylation sites (N-methyl/N-ethyl adjacent to an activating group) is 1. The highest BCUT2D eigenvalue weighted by Gasteiger charge is 2.33. The monoisotopic (exact) mass is 430 g/mol. The van der Waals surface area contributed by atoms with Gasteiger partial charge in [-0.3, -0.25) is 14.9 Å². The van der Waals surface area contributed by atoms with Crippen molar-refractivity contribution in [3.05, 3.63) is 77.5 Å². The zero-order chi connectivity index (χ0) is 22.2. The number of hydrogen-bond donors (Lipinski definition) is 2. The van der Waals surface area contributed by atoms with E-state index in [1.54, 1.807) is 24.5 Å². The molecule has 0 aliphatic carbocycles. The second-order valence-electron chi connectivity index (χ2n) is 8.34. The summed E-state index contributed by atoms with van der Waals surface area (Å²) in [6, 6.07) is 12.1. The lowest BCUT2D eigenvalue weighted by atomic mass is 9.94. The third-order valence-corrected chi connectivity index (χ3v) is 5.97. The van der Waals surface area contributed by atoms with Gasteiger partial charge in [0, 0.05) is 54.1 Å². The molecule has 8 heteroatoms. The Morgan fingerprint density at radius 2 is 1.97 bits per heavy atom. The fourth-order valence-electron chi connectivity index (χ4n) is 4.39. The number of nitrogens with zero attached hydrogens (tertiary/aromatic N) is 4. The molecule has 2 N–H and O–H groups in total. The molecule has 5 rings (SSSR count). The molecule has 1 aliphatic rings. The molecule has 0 radical (unpaired) electrons. The molecule has 162 valence electrons. The fraction of sp³-hybridized carbons (Fsp3) is 0.250. The lowest BCUT2D eigenvalue weighted by molar-refractivity contribution is 0.0935. The molecule has 1 aromatic carbocycles. The number of halogens is 1. The van der Waals surface area contributed by atoms with Crippen LogP contribution in [0.2, 0.25) is 0 Å². The smallest absolute Gasteiger partial charge is 0.253 e. The molecule has 4 heterocycles. The quantitative estimate of drug-likeness (QED) is 0.519. The van der Waals surface area contributed by atoms with Crippen molar-refractivity contribution in [3.8, 4) is 11.3 Å². The number of pyridine rings is 2. The molecular formula is C24H23FN6O. The van der Waals surface area contributed by atoms with Crippen LogP contribution in [0.5, 0.6) is 0 Å². The van der Waals surface area contributed by atoms with Gasteiger partial charge in [0.25, 0.3) is 5.91 Å². The average Bonchev–Trinajstić information content (AvgIpc) is 3.37. The Kier molecular flexibility index (Phi) is 5.14. The summed E-state index contributed by atoms with van der Waals surface area (Å²) in [5.41, 5.74) is 4.64. The normalized spacial score (nSPS) is 18.8. The van der Waals surface area contributed by atoms with Gasteiger partial charge in [-0.25, -0.2) is 9.37 Å². The zero-order valence-corrected chi connectivity index (χ0v) is 17.8. The highest BCUT2D eigenvalue weighted by molar-refractivity contribution is 6.00. The summed E-state index contributed by atoms with van der Waals surface area (Å²) in [6.07, 6.45) is 3.30. The Bertz CT molecular complexity index is 1290. The maximum atomic E-state index is 13.4. The van der Waals surface area contributed by atoms with Crippen molar-refractivity contribution < 1.29 is 9.18 Å². The van der Waals surface area contributed by atoms with Crippen molar-refractivity contribution in [2.75, 3.05) is 20.1 Å². The predicted octanol–water partition coefficient (Wildman–Crippen LogP) is 3.30. The minimum Gasteiger partial charge on any atom is -0.347 e. The lowest BCUT2D eigenvalue weighted by Crippen LogP contribution is -2.39. The Labute approximate surface area is 184 Å². The van der Waals surface area contributed by atoms with E-state index in [2.05, 4.69) is 30.4 Å². The van der Waals surface area contributed by atoms with Gasteiger partial charge < -0.3 is 10.2 Å². The molecule has 0 saturated carbocycles. The number of fused-ring (bicyclic) bond motifs is 1. The van der Waals surface area contributed by atoms with Crippen LogP contribution in [0.4, 0.5) is 4.39 Å². The van der Waals surface area contributed by atoms with E-state index < -0.39 is 0 Å². The van der Waals surface area contributed by atoms with Crippen LogP contribution in [-0.2, 0) is 0 Å². The van der Waals surface area contributed by atoms with Crippen LogP contribution in [0, 0.1) is 12.7 Å². The summed E-state index contributed by atoms with van der Waals surface area (Å²) in [6.45, 7) is 3.43. The number of benzene rings is 1. The minimum atomic E-state index is -0.264. The van der Waals surface area contributed by atoms with E-state index in [1.807, 2.05) is 32.2 Å². The van der Waals surface area contributed by atoms with Gasteiger partial charge in [-0.2, -0.15) is 5.10 Å². The number of carbonyl (C=O) groups is 1. The summed E-state index contributed by atoms with van der Waals surface area (Å²) in [5.74, 6) is -0.365. The van der Waals surface area contributed by atoms with Gasteiger partial charge in [-0.15, -0.1) is 0 Å². The van der Waals surface area contributed by atoms with Crippen LogP contribution in [0.25, 0.3) is 22.3 Å². The molecule has 2 atom stereocenters. The zero-order valence-electron chi connectivity index (χ0n) is 17.8. The Balaban J connectivity index is 1.42. The van der Waals surface area contributed by atoms with E-state index in [-0.39, 0.29) is 23.7 Å². The summed E-state index contributed by atoms with van der Waals surface area (Å²) in [7, 11) is 2.02. The Hall–Kier alpha value is -3.65. The lowest BCUT2D eigenvalue weighted by Gasteiger charge is -2.20. The van der Waals surface area contributed by atoms with E-state index >= 15 is 0 Å². The number of nitrogens with one attached hydrogen (secondary N) is 2. The second kappa shape index (κ2) is 8.12. The van der Waals surface area contributed by atoms with Crippen molar-refractivity contribution in [1.82, 2.24) is 30.4 Å².